The van der Waals surface area contributed by atoms with Crippen LogP contribution in [0.5, 0.6) is 0 Å². The third kappa shape index (κ3) is 2.25. The van der Waals surface area contributed by atoms with E-state index in [4.69, 9.17) is 46.4 Å². The van der Waals surface area contributed by atoms with Crippen LogP contribution in [0.1, 0.15) is 11.1 Å². The zero-order valence-electron chi connectivity index (χ0n) is 10.5. The van der Waals surface area contributed by atoms with Crippen molar-refractivity contribution in [1.82, 2.24) is 0 Å². The minimum Gasteiger partial charge on any atom is -0.0860 e. The van der Waals surface area contributed by atoms with Gasteiger partial charge in [-0.25, -0.2) is 0 Å². The normalized spacial score (nSPS) is 13.1. The lowest BCUT2D eigenvalue weighted by molar-refractivity contribution is 1.09. The number of fused-ring (bicyclic) bond motifs is 2. The Bertz CT molecular complexity index is 741. The number of aryl methyl sites for hydroxylation is 1. The predicted molar refractivity (Wildman–Crippen MR) is 90.6 cm³/mol. The Balaban J connectivity index is 2.26. The van der Waals surface area contributed by atoms with Gasteiger partial charge in [-0.05, 0) is 31.0 Å². The molecule has 0 atom stereocenters. The van der Waals surface area contributed by atoms with Gasteiger partial charge in [0.05, 0.1) is 20.1 Å². The van der Waals surface area contributed by atoms with Crippen LogP contribution < -0.4 is 0 Å². The molecule has 104 valence electrons. The van der Waals surface area contributed by atoms with Gasteiger partial charge in [0.2, 0.25) is 0 Å². The second kappa shape index (κ2) is 5.49. The maximum Gasteiger partial charge on any atom is 0.0806 e. The van der Waals surface area contributed by atoms with Crippen molar-refractivity contribution < 1.29 is 0 Å². The first kappa shape index (κ1) is 15.2. The number of rotatable bonds is 0. The lowest BCUT2D eigenvalue weighted by atomic mass is 10.1. The van der Waals surface area contributed by atoms with Gasteiger partial charge in [0, 0.05) is 19.6 Å². The second-order valence-electron chi connectivity index (χ2n) is 4.45. The number of benzene rings is 2. The summed E-state index contributed by atoms with van der Waals surface area (Å²) in [4.78, 5) is 4.14. The van der Waals surface area contributed by atoms with Crippen molar-refractivity contribution >= 4 is 69.9 Å². The monoisotopic (exact) mass is 380 g/mol. The van der Waals surface area contributed by atoms with E-state index in [2.05, 4.69) is 26.0 Å². The van der Waals surface area contributed by atoms with Crippen molar-refractivity contribution in [3.63, 3.8) is 0 Å². The maximum absolute atomic E-state index is 6.34. The Labute approximate surface area is 146 Å². The van der Waals surface area contributed by atoms with Gasteiger partial charge in [-0.2, -0.15) is 0 Å². The van der Waals surface area contributed by atoms with E-state index in [1.54, 1.807) is 23.5 Å². The molecule has 6 heteroatoms. The van der Waals surface area contributed by atoms with E-state index in [9.17, 15) is 0 Å². The van der Waals surface area contributed by atoms with Crippen LogP contribution in [-0.2, 0) is 0 Å². The van der Waals surface area contributed by atoms with Crippen LogP contribution in [0.3, 0.4) is 0 Å². The quantitative estimate of drug-likeness (QED) is 0.291. The summed E-state index contributed by atoms with van der Waals surface area (Å²) in [5.74, 6) is 0. The molecule has 0 aromatic heterocycles. The zero-order chi connectivity index (χ0) is 14.6. The van der Waals surface area contributed by atoms with Crippen LogP contribution in [-0.4, -0.2) is 0 Å². The van der Waals surface area contributed by atoms with E-state index >= 15 is 0 Å². The SMILES string of the molecule is Cc1ccc2c(c1C)Sc1c(Cl)c(Cl)c(Cl)c(Cl)c1S2. The smallest absolute Gasteiger partial charge is 0.0806 e. The molecule has 0 saturated carbocycles. The summed E-state index contributed by atoms with van der Waals surface area (Å²) in [6, 6.07) is 4.21. The molecule has 0 unspecified atom stereocenters. The number of halogens is 4. The molecule has 1 aliphatic rings. The molecule has 0 saturated heterocycles. The first-order valence-electron chi connectivity index (χ1n) is 5.73. The van der Waals surface area contributed by atoms with Crippen molar-refractivity contribution in [3.8, 4) is 0 Å². The highest BCUT2D eigenvalue weighted by Crippen LogP contribution is 2.57. The number of hydrogen-bond acceptors (Lipinski definition) is 2. The maximum atomic E-state index is 6.34. The van der Waals surface area contributed by atoms with Crippen LogP contribution in [0.25, 0.3) is 0 Å². The van der Waals surface area contributed by atoms with Crippen LogP contribution >= 0.6 is 69.9 Å². The molecular formula is C14H8Cl4S2. The summed E-state index contributed by atoms with van der Waals surface area (Å²) in [5, 5.41) is 1.58. The summed E-state index contributed by atoms with van der Waals surface area (Å²) in [6.45, 7) is 4.21. The molecule has 20 heavy (non-hydrogen) atoms. The fourth-order valence-corrected chi connectivity index (χ4v) is 5.83. The third-order valence-corrected chi connectivity index (χ3v) is 8.04. The van der Waals surface area contributed by atoms with Gasteiger partial charge < -0.3 is 0 Å². The standard InChI is InChI=1S/C14H8Cl4S2/c1-5-3-4-7-12(6(5)2)20-14-11(18)9(16)8(15)10(17)13(14)19-7/h3-4H,1-2H3. The Kier molecular flexibility index (Phi) is 4.18. The first-order chi connectivity index (χ1) is 9.41. The molecule has 1 heterocycles. The summed E-state index contributed by atoms with van der Waals surface area (Å²) < 4.78 is 0. The molecular weight excluding hydrogens is 374 g/mol. The average molecular weight is 382 g/mol. The molecule has 0 radical (unpaired) electrons. The summed E-state index contributed by atoms with van der Waals surface area (Å²) in [7, 11) is 0. The minimum absolute atomic E-state index is 0.317. The van der Waals surface area contributed by atoms with Gasteiger partial charge >= 0.3 is 0 Å². The van der Waals surface area contributed by atoms with Gasteiger partial charge in [-0.3, -0.25) is 0 Å². The zero-order valence-corrected chi connectivity index (χ0v) is 15.1. The van der Waals surface area contributed by atoms with E-state index in [-0.39, 0.29) is 0 Å². The molecule has 2 aromatic rings. The fourth-order valence-electron chi connectivity index (χ4n) is 1.96. The fraction of sp³-hybridized carbons (Fsp3) is 0.143. The summed E-state index contributed by atoms with van der Waals surface area (Å²) in [5.41, 5.74) is 2.51. The molecule has 1 aliphatic heterocycles. The highest BCUT2D eigenvalue weighted by atomic mass is 35.5. The Hall–Kier alpha value is 0.300. The van der Waals surface area contributed by atoms with Gasteiger partial charge in [0.15, 0.2) is 0 Å². The molecule has 0 bridgehead atoms. The molecule has 0 aliphatic carbocycles. The topological polar surface area (TPSA) is 0 Å². The Morgan fingerprint density at radius 2 is 1.25 bits per heavy atom. The largest absolute Gasteiger partial charge is 0.0860 e. The van der Waals surface area contributed by atoms with Gasteiger partial charge in [-0.1, -0.05) is 76.0 Å². The van der Waals surface area contributed by atoms with E-state index in [0.717, 1.165) is 9.79 Å². The average Bonchev–Trinajstić information content (AvgIpc) is 2.45. The predicted octanol–water partition coefficient (Wildman–Crippen LogP) is 7.53. The van der Waals surface area contributed by atoms with Crippen molar-refractivity contribution in [2.75, 3.05) is 0 Å². The molecule has 0 N–H and O–H groups in total. The van der Waals surface area contributed by atoms with Gasteiger partial charge in [0.25, 0.3) is 0 Å². The Morgan fingerprint density at radius 1 is 0.700 bits per heavy atom. The number of hydrogen-bond donors (Lipinski definition) is 0. The molecule has 0 amide bonds. The van der Waals surface area contributed by atoms with Crippen molar-refractivity contribution in [2.45, 2.75) is 33.4 Å². The van der Waals surface area contributed by atoms with Crippen LogP contribution in [0.15, 0.2) is 31.7 Å². The summed E-state index contributed by atoms with van der Waals surface area (Å²) >= 11 is 28.1. The van der Waals surface area contributed by atoms with Crippen molar-refractivity contribution in [2.24, 2.45) is 0 Å². The van der Waals surface area contributed by atoms with Gasteiger partial charge in [-0.15, -0.1) is 0 Å². The highest BCUT2D eigenvalue weighted by Gasteiger charge is 2.27. The molecule has 0 fully saturated rings. The van der Waals surface area contributed by atoms with Crippen molar-refractivity contribution in [1.29, 1.82) is 0 Å². The Morgan fingerprint density at radius 3 is 1.85 bits per heavy atom. The lowest BCUT2D eigenvalue weighted by Gasteiger charge is -2.24. The van der Waals surface area contributed by atoms with E-state index in [1.165, 1.54) is 20.9 Å². The van der Waals surface area contributed by atoms with Gasteiger partial charge in [0.1, 0.15) is 0 Å². The molecule has 2 aromatic carbocycles. The highest BCUT2D eigenvalue weighted by molar-refractivity contribution is 8.05. The lowest BCUT2D eigenvalue weighted by Crippen LogP contribution is -1.96. The second-order valence-corrected chi connectivity index (χ2v) is 8.04. The van der Waals surface area contributed by atoms with Crippen LogP contribution in [0.2, 0.25) is 20.1 Å². The van der Waals surface area contributed by atoms with Crippen LogP contribution in [0.4, 0.5) is 0 Å². The van der Waals surface area contributed by atoms with E-state index in [1.807, 2.05) is 0 Å². The van der Waals surface area contributed by atoms with Crippen molar-refractivity contribution in [3.05, 3.63) is 43.4 Å². The van der Waals surface area contributed by atoms with E-state index < -0.39 is 0 Å². The molecule has 0 spiro atoms. The molecule has 3 rings (SSSR count). The minimum atomic E-state index is 0.317. The van der Waals surface area contributed by atoms with E-state index in [0.29, 0.717) is 20.1 Å². The summed E-state index contributed by atoms with van der Waals surface area (Å²) in [6.07, 6.45) is 0. The third-order valence-electron chi connectivity index (χ3n) is 3.24. The first-order valence-corrected chi connectivity index (χ1v) is 8.88. The molecule has 0 nitrogen and oxygen atoms in total. The van der Waals surface area contributed by atoms with Crippen LogP contribution in [0, 0.1) is 13.8 Å².